The van der Waals surface area contributed by atoms with Crippen molar-refractivity contribution in [2.45, 2.75) is 20.5 Å². The third-order valence-electron chi connectivity index (χ3n) is 3.58. The minimum atomic E-state index is -0.353. The van der Waals surface area contributed by atoms with Gasteiger partial charge in [0.1, 0.15) is 5.75 Å². The third kappa shape index (κ3) is 4.03. The Labute approximate surface area is 145 Å². The Kier molecular flexibility index (Phi) is 5.09. The molecule has 0 atom stereocenters. The maximum atomic E-state index is 11.6. The van der Waals surface area contributed by atoms with E-state index in [0.717, 1.165) is 11.1 Å². The number of carbonyl (C=O) groups is 1. The van der Waals surface area contributed by atoms with Crippen LogP contribution in [0.25, 0.3) is 11.4 Å². The SMILES string of the molecule is CCOC(=O)c1ccc(OCc2nc(-c3ccccc3C)no2)cc1. The number of benzene rings is 2. The van der Waals surface area contributed by atoms with E-state index in [1.54, 1.807) is 31.2 Å². The highest BCUT2D eigenvalue weighted by Crippen LogP contribution is 2.20. The van der Waals surface area contributed by atoms with Crippen LogP contribution >= 0.6 is 0 Å². The zero-order valence-corrected chi connectivity index (χ0v) is 14.1. The van der Waals surface area contributed by atoms with Crippen LogP contribution in [-0.2, 0) is 11.3 Å². The summed E-state index contributed by atoms with van der Waals surface area (Å²) >= 11 is 0. The van der Waals surface area contributed by atoms with Gasteiger partial charge in [-0.3, -0.25) is 0 Å². The maximum absolute atomic E-state index is 11.6. The smallest absolute Gasteiger partial charge is 0.338 e. The highest BCUT2D eigenvalue weighted by Gasteiger charge is 2.11. The Morgan fingerprint density at radius 2 is 1.88 bits per heavy atom. The standard InChI is InChI=1S/C19H18N2O4/c1-3-23-19(22)14-8-10-15(11-9-14)24-12-17-20-18(21-25-17)16-7-5-4-6-13(16)2/h4-11H,3,12H2,1-2H3. The van der Waals surface area contributed by atoms with Gasteiger partial charge in [-0.15, -0.1) is 0 Å². The number of nitrogens with zero attached hydrogens (tertiary/aromatic N) is 2. The van der Waals surface area contributed by atoms with Gasteiger partial charge < -0.3 is 14.0 Å². The number of aromatic nitrogens is 2. The van der Waals surface area contributed by atoms with Gasteiger partial charge in [0.05, 0.1) is 12.2 Å². The monoisotopic (exact) mass is 338 g/mol. The van der Waals surface area contributed by atoms with E-state index in [1.165, 1.54) is 0 Å². The molecule has 1 heterocycles. The number of hydrogen-bond acceptors (Lipinski definition) is 6. The largest absolute Gasteiger partial charge is 0.484 e. The number of hydrogen-bond donors (Lipinski definition) is 0. The Morgan fingerprint density at radius 3 is 2.60 bits per heavy atom. The molecule has 0 saturated carbocycles. The zero-order valence-electron chi connectivity index (χ0n) is 14.1. The Bertz CT molecular complexity index is 856. The van der Waals surface area contributed by atoms with E-state index in [-0.39, 0.29) is 12.6 Å². The van der Waals surface area contributed by atoms with Crippen LogP contribution in [0, 0.1) is 6.92 Å². The summed E-state index contributed by atoms with van der Waals surface area (Å²) in [5.74, 6) is 1.17. The molecule has 0 amide bonds. The average molecular weight is 338 g/mol. The van der Waals surface area contributed by atoms with E-state index in [0.29, 0.717) is 29.6 Å². The first-order chi connectivity index (χ1) is 12.2. The molecule has 0 saturated heterocycles. The first-order valence-corrected chi connectivity index (χ1v) is 7.96. The van der Waals surface area contributed by atoms with Crippen molar-refractivity contribution in [2.75, 3.05) is 6.61 Å². The number of esters is 1. The molecule has 3 rings (SSSR count). The first-order valence-electron chi connectivity index (χ1n) is 7.96. The number of aryl methyl sites for hydroxylation is 1. The van der Waals surface area contributed by atoms with Gasteiger partial charge in [-0.25, -0.2) is 4.79 Å². The quantitative estimate of drug-likeness (QED) is 0.636. The predicted molar refractivity (Wildman–Crippen MR) is 91.2 cm³/mol. The summed E-state index contributed by atoms with van der Waals surface area (Å²) in [6.07, 6.45) is 0. The van der Waals surface area contributed by atoms with Crippen molar-refractivity contribution < 1.29 is 18.8 Å². The highest BCUT2D eigenvalue weighted by molar-refractivity contribution is 5.89. The molecule has 1 aromatic heterocycles. The van der Waals surface area contributed by atoms with Crippen LogP contribution in [0.1, 0.15) is 28.7 Å². The van der Waals surface area contributed by atoms with E-state index < -0.39 is 0 Å². The third-order valence-corrected chi connectivity index (χ3v) is 3.58. The second-order valence-corrected chi connectivity index (χ2v) is 5.36. The molecule has 0 bridgehead atoms. The summed E-state index contributed by atoms with van der Waals surface area (Å²) in [6, 6.07) is 14.5. The Hall–Kier alpha value is -3.15. The van der Waals surface area contributed by atoms with Crippen LogP contribution in [0.5, 0.6) is 5.75 Å². The molecule has 0 aliphatic carbocycles. The summed E-state index contributed by atoms with van der Waals surface area (Å²) in [7, 11) is 0. The Balaban J connectivity index is 1.63. The lowest BCUT2D eigenvalue weighted by atomic mass is 10.1. The second kappa shape index (κ2) is 7.61. The fourth-order valence-corrected chi connectivity index (χ4v) is 2.29. The van der Waals surface area contributed by atoms with Gasteiger partial charge in [0.15, 0.2) is 6.61 Å². The molecule has 0 aliphatic rings. The van der Waals surface area contributed by atoms with Crippen molar-refractivity contribution in [3.8, 4) is 17.1 Å². The van der Waals surface area contributed by atoms with Crippen molar-refractivity contribution >= 4 is 5.97 Å². The lowest BCUT2D eigenvalue weighted by Gasteiger charge is -2.05. The van der Waals surface area contributed by atoms with Crippen LogP contribution in [-0.4, -0.2) is 22.7 Å². The molecular weight excluding hydrogens is 320 g/mol. The van der Waals surface area contributed by atoms with Crippen molar-refractivity contribution in [1.82, 2.24) is 10.1 Å². The predicted octanol–water partition coefficient (Wildman–Crippen LogP) is 3.80. The Morgan fingerprint density at radius 1 is 1.12 bits per heavy atom. The van der Waals surface area contributed by atoms with Gasteiger partial charge in [0.2, 0.25) is 5.82 Å². The topological polar surface area (TPSA) is 74.5 Å². The zero-order chi connectivity index (χ0) is 17.6. The van der Waals surface area contributed by atoms with Crippen LogP contribution < -0.4 is 4.74 Å². The summed E-state index contributed by atoms with van der Waals surface area (Å²) < 4.78 is 15.8. The molecular formula is C19H18N2O4. The fourth-order valence-electron chi connectivity index (χ4n) is 2.29. The van der Waals surface area contributed by atoms with E-state index >= 15 is 0 Å². The summed E-state index contributed by atoms with van der Waals surface area (Å²) in [5.41, 5.74) is 2.48. The van der Waals surface area contributed by atoms with E-state index in [1.807, 2.05) is 31.2 Å². The minimum Gasteiger partial charge on any atom is -0.484 e. The molecule has 0 fully saturated rings. The van der Waals surface area contributed by atoms with Gasteiger partial charge in [0, 0.05) is 5.56 Å². The van der Waals surface area contributed by atoms with Crippen LogP contribution in [0.3, 0.4) is 0 Å². The average Bonchev–Trinajstić information content (AvgIpc) is 3.10. The van der Waals surface area contributed by atoms with Gasteiger partial charge in [-0.1, -0.05) is 29.4 Å². The van der Waals surface area contributed by atoms with Crippen LogP contribution in [0.4, 0.5) is 0 Å². The summed E-state index contributed by atoms with van der Waals surface area (Å²) in [6.45, 7) is 4.26. The molecule has 0 spiro atoms. The number of ether oxygens (including phenoxy) is 2. The minimum absolute atomic E-state index is 0.150. The van der Waals surface area contributed by atoms with Crippen molar-refractivity contribution in [3.05, 3.63) is 65.5 Å². The number of rotatable bonds is 6. The van der Waals surface area contributed by atoms with E-state index in [9.17, 15) is 4.79 Å². The van der Waals surface area contributed by atoms with Crippen molar-refractivity contribution in [3.63, 3.8) is 0 Å². The normalized spacial score (nSPS) is 10.5. The van der Waals surface area contributed by atoms with Crippen LogP contribution in [0.15, 0.2) is 53.1 Å². The number of carbonyl (C=O) groups excluding carboxylic acids is 1. The molecule has 0 N–H and O–H groups in total. The van der Waals surface area contributed by atoms with Gasteiger partial charge in [-0.2, -0.15) is 4.98 Å². The molecule has 0 unspecified atom stereocenters. The molecule has 128 valence electrons. The first kappa shape index (κ1) is 16.7. The van der Waals surface area contributed by atoms with Crippen molar-refractivity contribution in [1.29, 1.82) is 0 Å². The summed E-state index contributed by atoms with van der Waals surface area (Å²) in [4.78, 5) is 16.0. The molecule has 0 radical (unpaired) electrons. The lowest BCUT2D eigenvalue weighted by Crippen LogP contribution is -2.04. The highest BCUT2D eigenvalue weighted by atomic mass is 16.5. The second-order valence-electron chi connectivity index (χ2n) is 5.36. The lowest BCUT2D eigenvalue weighted by molar-refractivity contribution is 0.0526. The van der Waals surface area contributed by atoms with Gasteiger partial charge in [-0.05, 0) is 43.7 Å². The van der Waals surface area contributed by atoms with Gasteiger partial charge >= 0.3 is 5.97 Å². The molecule has 25 heavy (non-hydrogen) atoms. The van der Waals surface area contributed by atoms with E-state index in [4.69, 9.17) is 14.0 Å². The molecule has 6 heteroatoms. The van der Waals surface area contributed by atoms with Gasteiger partial charge in [0.25, 0.3) is 5.89 Å². The molecule has 0 aliphatic heterocycles. The van der Waals surface area contributed by atoms with Crippen LogP contribution in [0.2, 0.25) is 0 Å². The summed E-state index contributed by atoms with van der Waals surface area (Å²) in [5, 5.41) is 3.99. The van der Waals surface area contributed by atoms with E-state index in [2.05, 4.69) is 10.1 Å². The van der Waals surface area contributed by atoms with Crippen molar-refractivity contribution in [2.24, 2.45) is 0 Å². The maximum Gasteiger partial charge on any atom is 0.338 e. The fraction of sp³-hybridized carbons (Fsp3) is 0.211. The molecule has 3 aromatic rings. The molecule has 2 aromatic carbocycles. The molecule has 6 nitrogen and oxygen atoms in total.